The number of hydrogen-bond donors (Lipinski definition) is 0. The zero-order chi connectivity index (χ0) is 11.8. The zero-order valence-electron chi connectivity index (χ0n) is 8.77. The number of nitrogens with zero attached hydrogens (tertiary/aromatic N) is 2. The average Bonchev–Trinajstić information content (AvgIpc) is 2.69. The minimum Gasteiger partial charge on any atom is -0.319 e. The van der Waals surface area contributed by atoms with E-state index in [1.54, 1.807) is 18.3 Å². The predicted molar refractivity (Wildman–Crippen MR) is 68.3 cm³/mol. The van der Waals surface area contributed by atoms with Crippen LogP contribution in [-0.4, -0.2) is 9.38 Å². The maximum absolute atomic E-state index is 12.8. The molecule has 1 aromatic carbocycles. The van der Waals surface area contributed by atoms with Gasteiger partial charge in [0, 0.05) is 22.4 Å². The van der Waals surface area contributed by atoms with Crippen molar-refractivity contribution in [2.45, 2.75) is 0 Å². The minimum absolute atomic E-state index is 0.237. The van der Waals surface area contributed by atoms with Crippen LogP contribution in [-0.2, 0) is 0 Å². The van der Waals surface area contributed by atoms with Gasteiger partial charge in [-0.1, -0.05) is 0 Å². The van der Waals surface area contributed by atoms with Gasteiger partial charge in [0.15, 0.2) is 0 Å². The molecule has 0 bridgehead atoms. The molecule has 0 N–H and O–H groups in total. The van der Waals surface area contributed by atoms with Crippen LogP contribution in [0.5, 0.6) is 0 Å². The Kier molecular flexibility index (Phi) is 2.44. The minimum atomic E-state index is -0.237. The molecule has 2 aromatic heterocycles. The lowest BCUT2D eigenvalue weighted by atomic mass is 10.1. The third-order valence-corrected chi connectivity index (χ3v) is 3.02. The number of aromatic nitrogens is 2. The molecule has 0 atom stereocenters. The van der Waals surface area contributed by atoms with Crippen molar-refractivity contribution in [1.29, 1.82) is 0 Å². The smallest absolute Gasteiger partial charge is 0.123 e. The molecule has 0 fully saturated rings. The van der Waals surface area contributed by atoms with Gasteiger partial charge >= 0.3 is 0 Å². The van der Waals surface area contributed by atoms with E-state index in [0.29, 0.717) is 0 Å². The Labute approximate surface area is 106 Å². The maximum Gasteiger partial charge on any atom is 0.123 e. The zero-order valence-corrected chi connectivity index (χ0v) is 10.4. The van der Waals surface area contributed by atoms with Gasteiger partial charge in [-0.25, -0.2) is 4.39 Å². The molecule has 3 rings (SSSR count). The Hall–Kier alpha value is -1.68. The summed E-state index contributed by atoms with van der Waals surface area (Å²) in [5.41, 5.74) is 2.74. The van der Waals surface area contributed by atoms with Crippen LogP contribution in [0.2, 0.25) is 0 Å². The molecule has 0 unspecified atom stereocenters. The highest BCUT2D eigenvalue weighted by Gasteiger charge is 2.02. The summed E-state index contributed by atoms with van der Waals surface area (Å²) in [7, 11) is 0. The van der Waals surface area contributed by atoms with Crippen molar-refractivity contribution in [3.8, 4) is 11.3 Å². The van der Waals surface area contributed by atoms with Gasteiger partial charge in [0.2, 0.25) is 0 Å². The molecule has 3 aromatic rings. The Bertz CT molecular complexity index is 673. The normalized spacial score (nSPS) is 10.9. The Morgan fingerprint density at radius 3 is 2.65 bits per heavy atom. The maximum atomic E-state index is 12.8. The fraction of sp³-hybridized carbons (Fsp3) is 0. The molecule has 0 aliphatic carbocycles. The van der Waals surface area contributed by atoms with E-state index in [2.05, 4.69) is 20.9 Å². The van der Waals surface area contributed by atoms with Gasteiger partial charge in [0.1, 0.15) is 5.82 Å². The van der Waals surface area contributed by atoms with Crippen LogP contribution < -0.4 is 0 Å². The SMILES string of the molecule is Fc1ccc(-c2cn3cc(Br)cc3cn2)cc1. The van der Waals surface area contributed by atoms with E-state index < -0.39 is 0 Å². The third kappa shape index (κ3) is 1.96. The number of benzene rings is 1. The quantitative estimate of drug-likeness (QED) is 0.664. The molecule has 2 heterocycles. The summed E-state index contributed by atoms with van der Waals surface area (Å²) in [5.74, 6) is -0.237. The molecule has 84 valence electrons. The average molecular weight is 291 g/mol. The molecule has 0 radical (unpaired) electrons. The molecule has 0 spiro atoms. The molecular formula is C13H8BrFN2. The molecule has 2 nitrogen and oxygen atoms in total. The Morgan fingerprint density at radius 1 is 1.12 bits per heavy atom. The lowest BCUT2D eigenvalue weighted by molar-refractivity contribution is 0.628. The lowest BCUT2D eigenvalue weighted by Crippen LogP contribution is -1.89. The first-order chi connectivity index (χ1) is 8.22. The second kappa shape index (κ2) is 3.96. The highest BCUT2D eigenvalue weighted by molar-refractivity contribution is 9.10. The van der Waals surface area contributed by atoms with Crippen LogP contribution in [0.15, 0.2) is 53.4 Å². The molecule has 0 aliphatic rings. The van der Waals surface area contributed by atoms with Gasteiger partial charge < -0.3 is 4.40 Å². The Morgan fingerprint density at radius 2 is 1.88 bits per heavy atom. The van der Waals surface area contributed by atoms with Gasteiger partial charge in [-0.15, -0.1) is 0 Å². The molecule has 0 aliphatic heterocycles. The van der Waals surface area contributed by atoms with Crippen LogP contribution >= 0.6 is 15.9 Å². The van der Waals surface area contributed by atoms with Gasteiger partial charge in [-0.3, -0.25) is 4.98 Å². The van der Waals surface area contributed by atoms with E-state index >= 15 is 0 Å². The first-order valence-electron chi connectivity index (χ1n) is 5.11. The largest absolute Gasteiger partial charge is 0.319 e. The van der Waals surface area contributed by atoms with E-state index in [1.165, 1.54) is 12.1 Å². The summed E-state index contributed by atoms with van der Waals surface area (Å²) in [6.07, 6.45) is 5.68. The van der Waals surface area contributed by atoms with E-state index in [4.69, 9.17) is 0 Å². The summed E-state index contributed by atoms with van der Waals surface area (Å²) in [6.45, 7) is 0. The number of hydrogen-bond acceptors (Lipinski definition) is 1. The van der Waals surface area contributed by atoms with Crippen LogP contribution in [0.4, 0.5) is 4.39 Å². The predicted octanol–water partition coefficient (Wildman–Crippen LogP) is 3.90. The standard InChI is InChI=1S/C13H8BrFN2/c14-10-5-12-6-16-13(8-17(12)7-10)9-1-3-11(15)4-2-9/h1-8H. The summed E-state index contributed by atoms with van der Waals surface area (Å²) < 4.78 is 15.8. The first-order valence-corrected chi connectivity index (χ1v) is 5.91. The molecule has 0 amide bonds. The van der Waals surface area contributed by atoms with Crippen molar-refractivity contribution in [3.05, 3.63) is 59.2 Å². The van der Waals surface area contributed by atoms with Crippen molar-refractivity contribution in [2.75, 3.05) is 0 Å². The second-order valence-corrected chi connectivity index (χ2v) is 4.69. The number of fused-ring (bicyclic) bond motifs is 1. The fourth-order valence-corrected chi connectivity index (χ4v) is 2.20. The number of halogens is 2. The molecule has 17 heavy (non-hydrogen) atoms. The van der Waals surface area contributed by atoms with E-state index in [0.717, 1.165) is 21.2 Å². The van der Waals surface area contributed by atoms with Crippen molar-refractivity contribution < 1.29 is 4.39 Å². The van der Waals surface area contributed by atoms with E-state index in [1.807, 2.05) is 22.9 Å². The van der Waals surface area contributed by atoms with Crippen LogP contribution in [0, 0.1) is 5.82 Å². The lowest BCUT2D eigenvalue weighted by Gasteiger charge is -2.02. The summed E-state index contributed by atoms with van der Waals surface area (Å²) in [6, 6.07) is 8.31. The molecule has 0 saturated heterocycles. The van der Waals surface area contributed by atoms with Gasteiger partial charge in [-0.05, 0) is 46.3 Å². The van der Waals surface area contributed by atoms with E-state index in [-0.39, 0.29) is 5.82 Å². The highest BCUT2D eigenvalue weighted by Crippen LogP contribution is 2.20. The number of rotatable bonds is 1. The monoisotopic (exact) mass is 290 g/mol. The van der Waals surface area contributed by atoms with Crippen molar-refractivity contribution in [1.82, 2.24) is 9.38 Å². The Balaban J connectivity index is 2.13. The molecule has 0 saturated carbocycles. The van der Waals surface area contributed by atoms with Crippen LogP contribution in [0.1, 0.15) is 0 Å². The van der Waals surface area contributed by atoms with Gasteiger partial charge in [0.25, 0.3) is 0 Å². The van der Waals surface area contributed by atoms with Crippen molar-refractivity contribution in [2.24, 2.45) is 0 Å². The summed E-state index contributed by atoms with van der Waals surface area (Å²) >= 11 is 3.42. The topological polar surface area (TPSA) is 17.3 Å². The highest BCUT2D eigenvalue weighted by atomic mass is 79.9. The summed E-state index contributed by atoms with van der Waals surface area (Å²) in [4.78, 5) is 4.36. The molecule has 4 heteroatoms. The van der Waals surface area contributed by atoms with Crippen molar-refractivity contribution in [3.63, 3.8) is 0 Å². The summed E-state index contributed by atoms with van der Waals surface area (Å²) in [5, 5.41) is 0. The van der Waals surface area contributed by atoms with Crippen LogP contribution in [0.25, 0.3) is 16.8 Å². The van der Waals surface area contributed by atoms with E-state index in [9.17, 15) is 4.39 Å². The molecular weight excluding hydrogens is 283 g/mol. The van der Waals surface area contributed by atoms with Gasteiger partial charge in [0.05, 0.1) is 17.4 Å². The van der Waals surface area contributed by atoms with Crippen LogP contribution in [0.3, 0.4) is 0 Å². The first kappa shape index (κ1) is 10.5. The third-order valence-electron chi connectivity index (χ3n) is 2.58. The fourth-order valence-electron chi connectivity index (χ4n) is 1.75. The second-order valence-electron chi connectivity index (χ2n) is 3.77. The van der Waals surface area contributed by atoms with Crippen molar-refractivity contribution >= 4 is 21.4 Å². The van der Waals surface area contributed by atoms with Gasteiger partial charge in [-0.2, -0.15) is 0 Å².